The number of thioether (sulfide) groups is 1. The first-order valence-corrected chi connectivity index (χ1v) is 10.8. The van der Waals surface area contributed by atoms with E-state index in [0.717, 1.165) is 30.5 Å². The van der Waals surface area contributed by atoms with Gasteiger partial charge in [0.15, 0.2) is 5.16 Å². The van der Waals surface area contributed by atoms with Gasteiger partial charge in [-0.05, 0) is 38.1 Å². The second-order valence-electron chi connectivity index (χ2n) is 7.11. The van der Waals surface area contributed by atoms with Crippen LogP contribution in [-0.4, -0.2) is 52.2 Å². The van der Waals surface area contributed by atoms with E-state index in [1.165, 1.54) is 17.3 Å². The number of ether oxygens (including phenoxy) is 1. The van der Waals surface area contributed by atoms with Crippen LogP contribution in [0.1, 0.15) is 18.2 Å². The molecule has 0 bridgehead atoms. The van der Waals surface area contributed by atoms with Gasteiger partial charge in [0.05, 0.1) is 37.0 Å². The van der Waals surface area contributed by atoms with Gasteiger partial charge < -0.3 is 19.4 Å². The van der Waals surface area contributed by atoms with Gasteiger partial charge in [-0.2, -0.15) is 0 Å². The van der Waals surface area contributed by atoms with Crippen molar-refractivity contribution in [3.05, 3.63) is 54.0 Å². The number of anilines is 1. The molecule has 0 aliphatic carbocycles. The van der Waals surface area contributed by atoms with Gasteiger partial charge in [0, 0.05) is 13.1 Å². The van der Waals surface area contributed by atoms with E-state index in [0.29, 0.717) is 24.9 Å². The molecular formula is C21H25N5O3S. The molecule has 1 aliphatic heterocycles. The number of aromatic nitrogens is 3. The topological polar surface area (TPSA) is 85.4 Å². The fourth-order valence-corrected chi connectivity index (χ4v) is 4.06. The Kier molecular flexibility index (Phi) is 6.39. The normalized spacial score (nSPS) is 15.2. The van der Waals surface area contributed by atoms with Crippen LogP contribution < -0.4 is 10.2 Å². The molecule has 1 amide bonds. The third-order valence-electron chi connectivity index (χ3n) is 4.87. The molecule has 4 rings (SSSR count). The minimum atomic E-state index is -0.342. The molecule has 8 nitrogen and oxygen atoms in total. The lowest BCUT2D eigenvalue weighted by Crippen LogP contribution is -2.38. The molecule has 0 spiro atoms. The first kappa shape index (κ1) is 20.5. The van der Waals surface area contributed by atoms with Crippen molar-refractivity contribution in [3.63, 3.8) is 0 Å². The van der Waals surface area contributed by atoms with Gasteiger partial charge in [-0.25, -0.2) is 0 Å². The summed E-state index contributed by atoms with van der Waals surface area (Å²) in [5.74, 6) is 1.41. The maximum atomic E-state index is 12.6. The summed E-state index contributed by atoms with van der Waals surface area (Å²) in [4.78, 5) is 14.8. The molecule has 1 aromatic carbocycles. The molecule has 1 aliphatic rings. The number of hydrogen-bond acceptors (Lipinski definition) is 7. The van der Waals surface area contributed by atoms with Crippen LogP contribution in [0.3, 0.4) is 0 Å². The maximum Gasteiger partial charge on any atom is 0.233 e. The summed E-state index contributed by atoms with van der Waals surface area (Å²) in [5.41, 5.74) is 2.15. The molecule has 3 heterocycles. The minimum Gasteiger partial charge on any atom is -0.467 e. The number of nitrogens with one attached hydrogen (secondary N) is 1. The molecule has 30 heavy (non-hydrogen) atoms. The van der Waals surface area contributed by atoms with Crippen LogP contribution in [0, 0.1) is 6.92 Å². The number of benzene rings is 1. The number of rotatable bonds is 7. The minimum absolute atomic E-state index is 0.0808. The largest absolute Gasteiger partial charge is 0.467 e. The molecule has 1 fully saturated rings. The van der Waals surface area contributed by atoms with Crippen molar-refractivity contribution in [2.24, 2.45) is 0 Å². The van der Waals surface area contributed by atoms with E-state index in [2.05, 4.69) is 39.5 Å². The third-order valence-corrected chi connectivity index (χ3v) is 5.91. The van der Waals surface area contributed by atoms with E-state index in [4.69, 9.17) is 9.15 Å². The molecule has 0 saturated carbocycles. The van der Waals surface area contributed by atoms with Crippen LogP contribution in [0.25, 0.3) is 5.69 Å². The van der Waals surface area contributed by atoms with Crippen molar-refractivity contribution < 1.29 is 13.9 Å². The molecule has 0 radical (unpaired) electrons. The van der Waals surface area contributed by atoms with Gasteiger partial charge in [-0.3, -0.25) is 9.36 Å². The summed E-state index contributed by atoms with van der Waals surface area (Å²) in [6.07, 6.45) is 1.59. The van der Waals surface area contributed by atoms with Crippen molar-refractivity contribution in [3.8, 4) is 5.69 Å². The summed E-state index contributed by atoms with van der Waals surface area (Å²) >= 11 is 1.39. The van der Waals surface area contributed by atoms with E-state index in [-0.39, 0.29) is 11.2 Å². The summed E-state index contributed by atoms with van der Waals surface area (Å²) in [7, 11) is 0. The van der Waals surface area contributed by atoms with Crippen LogP contribution in [0.4, 0.5) is 5.95 Å². The van der Waals surface area contributed by atoms with Crippen molar-refractivity contribution in [2.45, 2.75) is 30.8 Å². The summed E-state index contributed by atoms with van der Waals surface area (Å²) in [5, 5.41) is 12.1. The molecule has 3 aromatic rings. The maximum absolute atomic E-state index is 12.6. The molecular weight excluding hydrogens is 402 g/mol. The highest BCUT2D eigenvalue weighted by Crippen LogP contribution is 2.30. The quantitative estimate of drug-likeness (QED) is 0.580. The zero-order valence-corrected chi connectivity index (χ0v) is 17.9. The van der Waals surface area contributed by atoms with E-state index < -0.39 is 0 Å². The number of nitrogens with zero attached hydrogens (tertiary/aromatic N) is 4. The van der Waals surface area contributed by atoms with Gasteiger partial charge >= 0.3 is 0 Å². The molecule has 1 N–H and O–H groups in total. The highest BCUT2D eigenvalue weighted by Gasteiger charge is 2.24. The van der Waals surface area contributed by atoms with E-state index in [1.54, 1.807) is 12.3 Å². The molecule has 2 aromatic heterocycles. The number of amides is 1. The smallest absolute Gasteiger partial charge is 0.233 e. The Morgan fingerprint density at radius 3 is 2.67 bits per heavy atom. The van der Waals surface area contributed by atoms with Crippen molar-refractivity contribution in [2.75, 3.05) is 31.2 Å². The molecule has 9 heteroatoms. The zero-order chi connectivity index (χ0) is 20.9. The van der Waals surface area contributed by atoms with Gasteiger partial charge in [0.25, 0.3) is 0 Å². The number of morpholine rings is 1. The van der Waals surface area contributed by atoms with Crippen molar-refractivity contribution >= 4 is 23.6 Å². The zero-order valence-electron chi connectivity index (χ0n) is 17.1. The second-order valence-corrected chi connectivity index (χ2v) is 8.42. The Balaban J connectivity index is 1.55. The monoisotopic (exact) mass is 427 g/mol. The van der Waals surface area contributed by atoms with Crippen molar-refractivity contribution in [1.29, 1.82) is 0 Å². The lowest BCUT2D eigenvalue weighted by molar-refractivity contribution is -0.120. The Bertz CT molecular complexity index is 965. The molecule has 1 atom stereocenters. The fourth-order valence-electron chi connectivity index (χ4n) is 3.17. The lowest BCUT2D eigenvalue weighted by Gasteiger charge is -2.28. The number of carbonyl (C=O) groups excluding carboxylic acids is 1. The molecule has 158 valence electrons. The van der Waals surface area contributed by atoms with E-state index in [1.807, 2.05) is 29.7 Å². The van der Waals surface area contributed by atoms with E-state index in [9.17, 15) is 4.79 Å². The van der Waals surface area contributed by atoms with Gasteiger partial charge in [0.2, 0.25) is 11.9 Å². The summed E-state index contributed by atoms with van der Waals surface area (Å²) in [6.45, 7) is 7.12. The average molecular weight is 428 g/mol. The standard InChI is InChI=1S/C21H25N5O3S/c1-15-5-7-17(8-6-15)26-20(25-9-12-28-13-10-25)23-24-21(26)30-16(2)19(27)22-14-18-4-3-11-29-18/h3-8,11,16H,9-10,12-14H2,1-2H3,(H,22,27)/t16-/m1/s1. The van der Waals surface area contributed by atoms with Crippen LogP contribution >= 0.6 is 11.8 Å². The second kappa shape index (κ2) is 9.36. The SMILES string of the molecule is Cc1ccc(-n2c(S[C@H](C)C(=O)NCc3ccco3)nnc2N2CCOCC2)cc1. The average Bonchev–Trinajstić information content (AvgIpc) is 3.43. The number of hydrogen-bond donors (Lipinski definition) is 1. The number of carbonyl (C=O) groups is 1. The predicted octanol–water partition coefficient (Wildman–Crippen LogP) is 2.80. The van der Waals surface area contributed by atoms with E-state index >= 15 is 0 Å². The highest BCUT2D eigenvalue weighted by molar-refractivity contribution is 8.00. The Morgan fingerprint density at radius 1 is 1.20 bits per heavy atom. The Labute approximate surface area is 179 Å². The predicted molar refractivity (Wildman–Crippen MR) is 115 cm³/mol. The van der Waals surface area contributed by atoms with Crippen LogP contribution in [0.5, 0.6) is 0 Å². The van der Waals surface area contributed by atoms with Gasteiger partial charge in [0.1, 0.15) is 5.76 Å². The van der Waals surface area contributed by atoms with Crippen LogP contribution in [0.15, 0.2) is 52.2 Å². The van der Waals surface area contributed by atoms with Gasteiger partial charge in [-0.15, -0.1) is 10.2 Å². The first-order chi connectivity index (χ1) is 14.6. The third kappa shape index (κ3) is 4.68. The number of aryl methyl sites for hydroxylation is 1. The summed E-state index contributed by atoms with van der Waals surface area (Å²) < 4.78 is 12.8. The van der Waals surface area contributed by atoms with Crippen LogP contribution in [0.2, 0.25) is 0 Å². The van der Waals surface area contributed by atoms with Gasteiger partial charge in [-0.1, -0.05) is 29.5 Å². The molecule has 0 unspecified atom stereocenters. The number of furan rings is 1. The van der Waals surface area contributed by atoms with Crippen molar-refractivity contribution in [1.82, 2.24) is 20.1 Å². The lowest BCUT2D eigenvalue weighted by atomic mass is 10.2. The Morgan fingerprint density at radius 2 is 1.97 bits per heavy atom. The Hall–Kier alpha value is -2.78. The highest BCUT2D eigenvalue weighted by atomic mass is 32.2. The fraction of sp³-hybridized carbons (Fsp3) is 0.381. The van der Waals surface area contributed by atoms with Crippen LogP contribution in [-0.2, 0) is 16.1 Å². The first-order valence-electron chi connectivity index (χ1n) is 9.94. The molecule has 1 saturated heterocycles. The summed E-state index contributed by atoms with van der Waals surface area (Å²) in [6, 6.07) is 11.9.